The van der Waals surface area contributed by atoms with E-state index < -0.39 is 42.4 Å². The van der Waals surface area contributed by atoms with Gasteiger partial charge in [0, 0.05) is 0 Å². The summed E-state index contributed by atoms with van der Waals surface area (Å²) in [5.74, 6) is -2.04. The lowest BCUT2D eigenvalue weighted by atomic mass is 10.1. The molecule has 6 rings (SSSR count). The van der Waals surface area contributed by atoms with E-state index in [-0.39, 0.29) is 40.0 Å². The van der Waals surface area contributed by atoms with Gasteiger partial charge >= 0.3 is 17.9 Å². The number of carbonyl (C=O) groups is 3. The van der Waals surface area contributed by atoms with Gasteiger partial charge in [-0.15, -0.1) is 0 Å². The first-order valence-electron chi connectivity index (χ1n) is 13.4. The quantitative estimate of drug-likeness (QED) is 0.151. The van der Waals surface area contributed by atoms with Gasteiger partial charge in [-0.25, -0.2) is 19.4 Å². The van der Waals surface area contributed by atoms with Crippen LogP contribution in [0.3, 0.4) is 0 Å². The Kier molecular flexibility index (Phi) is 8.17. The van der Waals surface area contributed by atoms with Crippen molar-refractivity contribution < 1.29 is 33.3 Å². The van der Waals surface area contributed by atoms with Gasteiger partial charge in [-0.1, -0.05) is 54.6 Å². The van der Waals surface area contributed by atoms with Crippen LogP contribution in [0, 0.1) is 0 Å². The minimum absolute atomic E-state index is 0.00831. The van der Waals surface area contributed by atoms with Gasteiger partial charge in [-0.2, -0.15) is 9.97 Å². The Morgan fingerprint density at radius 1 is 0.773 bits per heavy atom. The maximum Gasteiger partial charge on any atom is 0.338 e. The first-order valence-corrected chi connectivity index (χ1v) is 13.8. The summed E-state index contributed by atoms with van der Waals surface area (Å²) in [6.45, 7) is -0.346. The van der Waals surface area contributed by atoms with Gasteiger partial charge in [0.1, 0.15) is 24.6 Å². The van der Waals surface area contributed by atoms with E-state index in [1.54, 1.807) is 91.0 Å². The van der Waals surface area contributed by atoms with E-state index >= 15 is 0 Å². The second kappa shape index (κ2) is 12.5. The van der Waals surface area contributed by atoms with Crippen molar-refractivity contribution in [3.63, 3.8) is 0 Å². The predicted octanol–water partition coefficient (Wildman–Crippen LogP) is 4.27. The Hall–Kier alpha value is -5.33. The van der Waals surface area contributed by atoms with Crippen molar-refractivity contribution in [3.8, 4) is 0 Å². The van der Waals surface area contributed by atoms with Crippen LogP contribution in [0.4, 0.5) is 5.82 Å². The van der Waals surface area contributed by atoms with E-state index in [2.05, 4.69) is 15.0 Å². The van der Waals surface area contributed by atoms with Crippen LogP contribution in [0.1, 0.15) is 37.3 Å². The maximum absolute atomic E-state index is 13.4. The van der Waals surface area contributed by atoms with E-state index in [0.717, 1.165) is 0 Å². The zero-order chi connectivity index (χ0) is 30.6. The minimum Gasteiger partial charge on any atom is -0.459 e. The molecule has 2 unspecified atom stereocenters. The fraction of sp³-hybridized carbons (Fsp3) is 0.161. The summed E-state index contributed by atoms with van der Waals surface area (Å²) < 4.78 is 25.3. The highest BCUT2D eigenvalue weighted by Crippen LogP contribution is 2.37. The van der Waals surface area contributed by atoms with Gasteiger partial charge in [0.05, 0.1) is 16.7 Å². The molecule has 1 saturated heterocycles. The fourth-order valence-electron chi connectivity index (χ4n) is 4.82. The predicted molar refractivity (Wildman–Crippen MR) is 157 cm³/mol. The van der Waals surface area contributed by atoms with Gasteiger partial charge in [0.2, 0.25) is 5.28 Å². The van der Waals surface area contributed by atoms with Crippen LogP contribution in [0.15, 0.2) is 97.3 Å². The molecule has 3 aromatic carbocycles. The van der Waals surface area contributed by atoms with Crippen molar-refractivity contribution in [1.29, 1.82) is 0 Å². The van der Waals surface area contributed by atoms with Gasteiger partial charge in [0.15, 0.2) is 29.9 Å². The highest BCUT2D eigenvalue weighted by atomic mass is 35.5. The molecule has 4 atom stereocenters. The number of nitrogen functional groups attached to an aromatic ring is 1. The molecule has 12 nitrogen and oxygen atoms in total. The minimum atomic E-state index is -1.26. The van der Waals surface area contributed by atoms with Crippen LogP contribution in [0.5, 0.6) is 0 Å². The molecule has 0 saturated carbocycles. The number of hydrogen-bond donors (Lipinski definition) is 1. The van der Waals surface area contributed by atoms with Crippen LogP contribution in [0.25, 0.3) is 11.2 Å². The smallest absolute Gasteiger partial charge is 0.338 e. The standard InChI is InChI=1S/C31H24ClN5O7/c32-31-35-25(33)22-26(36-31)34-17-37(22)27-24(44-30(40)20-14-8-3-9-15-20)23(43-29(39)19-12-6-2-7-13-19)21(42-27)16-41-28(38)18-10-4-1-5-11-18/h1-15,17,21,23-24,27H,16H2,(H2,33,35,36)/t21-,23?,24?,27-/m1/s1. The van der Waals surface area contributed by atoms with Crippen molar-refractivity contribution in [3.05, 3.63) is 119 Å². The van der Waals surface area contributed by atoms with Crippen molar-refractivity contribution in [1.82, 2.24) is 19.5 Å². The average molecular weight is 614 g/mol. The molecule has 2 N–H and O–H groups in total. The highest BCUT2D eigenvalue weighted by Gasteiger charge is 2.52. The fourth-order valence-corrected chi connectivity index (χ4v) is 4.99. The monoisotopic (exact) mass is 613 g/mol. The van der Waals surface area contributed by atoms with Crippen LogP contribution in [0.2, 0.25) is 5.28 Å². The third-order valence-electron chi connectivity index (χ3n) is 6.88. The summed E-state index contributed by atoms with van der Waals surface area (Å²) in [6, 6.07) is 24.9. The number of anilines is 1. The molecule has 0 radical (unpaired) electrons. The normalized spacial score (nSPS) is 19.4. The number of ether oxygens (including phenoxy) is 4. The summed E-state index contributed by atoms with van der Waals surface area (Å²) in [4.78, 5) is 51.9. The van der Waals surface area contributed by atoms with Gasteiger partial charge < -0.3 is 24.7 Å². The van der Waals surface area contributed by atoms with Crippen molar-refractivity contribution in [2.45, 2.75) is 24.5 Å². The van der Waals surface area contributed by atoms with Crippen LogP contribution < -0.4 is 5.73 Å². The molecule has 5 aromatic rings. The van der Waals surface area contributed by atoms with Gasteiger partial charge in [-0.05, 0) is 48.0 Å². The molecular formula is C31H24ClN5O7. The Labute approximate surface area is 255 Å². The molecule has 0 amide bonds. The van der Waals surface area contributed by atoms with Gasteiger partial charge in [0.25, 0.3) is 0 Å². The Morgan fingerprint density at radius 2 is 1.30 bits per heavy atom. The zero-order valence-corrected chi connectivity index (χ0v) is 23.6. The Balaban J connectivity index is 1.39. The number of nitrogens with zero attached hydrogens (tertiary/aromatic N) is 4. The lowest BCUT2D eigenvalue weighted by Gasteiger charge is -2.25. The Bertz CT molecular complexity index is 1800. The summed E-state index contributed by atoms with van der Waals surface area (Å²) in [6.07, 6.45) is -3.37. The number of fused-ring (bicyclic) bond motifs is 1. The second-order valence-corrected chi connectivity index (χ2v) is 10.0. The number of halogens is 1. The van der Waals surface area contributed by atoms with E-state index in [4.69, 9.17) is 36.3 Å². The summed E-state index contributed by atoms with van der Waals surface area (Å²) in [7, 11) is 0. The third kappa shape index (κ3) is 5.93. The second-order valence-electron chi connectivity index (χ2n) is 9.70. The average Bonchev–Trinajstić information content (AvgIpc) is 3.62. The first-order chi connectivity index (χ1) is 21.4. The first kappa shape index (κ1) is 28.8. The lowest BCUT2D eigenvalue weighted by molar-refractivity contribution is -0.0604. The maximum atomic E-state index is 13.4. The highest BCUT2D eigenvalue weighted by molar-refractivity contribution is 6.28. The van der Waals surface area contributed by atoms with Crippen molar-refractivity contribution in [2.75, 3.05) is 12.3 Å². The van der Waals surface area contributed by atoms with E-state index in [9.17, 15) is 14.4 Å². The number of imidazole rings is 1. The van der Waals surface area contributed by atoms with Crippen molar-refractivity contribution >= 4 is 46.5 Å². The number of nitrogens with two attached hydrogens (primary N) is 1. The molecular weight excluding hydrogens is 590 g/mol. The van der Waals surface area contributed by atoms with E-state index in [1.165, 1.54) is 10.9 Å². The zero-order valence-electron chi connectivity index (χ0n) is 22.9. The summed E-state index contributed by atoms with van der Waals surface area (Å²) in [5, 5.41) is -0.111. The van der Waals surface area contributed by atoms with E-state index in [0.29, 0.717) is 5.56 Å². The summed E-state index contributed by atoms with van der Waals surface area (Å²) >= 11 is 5.98. The molecule has 13 heteroatoms. The third-order valence-corrected chi connectivity index (χ3v) is 7.05. The van der Waals surface area contributed by atoms with Crippen molar-refractivity contribution in [2.24, 2.45) is 0 Å². The molecule has 44 heavy (non-hydrogen) atoms. The topological polar surface area (TPSA) is 158 Å². The number of rotatable bonds is 8. The summed E-state index contributed by atoms with van der Waals surface area (Å²) in [5.41, 5.74) is 7.41. The molecule has 1 fully saturated rings. The largest absolute Gasteiger partial charge is 0.459 e. The molecule has 0 bridgehead atoms. The number of aromatic nitrogens is 4. The number of hydrogen-bond acceptors (Lipinski definition) is 11. The number of esters is 3. The molecule has 1 aliphatic rings. The number of benzene rings is 3. The molecule has 1 aliphatic heterocycles. The number of carbonyl (C=O) groups excluding carboxylic acids is 3. The van der Waals surface area contributed by atoms with Crippen LogP contribution >= 0.6 is 11.6 Å². The van der Waals surface area contributed by atoms with E-state index in [1.807, 2.05) is 0 Å². The lowest BCUT2D eigenvalue weighted by Crippen LogP contribution is -2.41. The molecule has 0 spiro atoms. The molecule has 3 heterocycles. The van der Waals surface area contributed by atoms with Crippen LogP contribution in [-0.4, -0.2) is 62.3 Å². The van der Waals surface area contributed by atoms with Gasteiger partial charge in [-0.3, -0.25) is 4.57 Å². The molecule has 2 aromatic heterocycles. The van der Waals surface area contributed by atoms with Crippen LogP contribution in [-0.2, 0) is 18.9 Å². The molecule has 222 valence electrons. The SMILES string of the molecule is Nc1nc(Cl)nc2ncn([C@@H]3O[C@H](COC(=O)c4ccccc4)C(OC(=O)c4ccccc4)C3OC(=O)c3ccccc3)c12. The molecule has 0 aliphatic carbocycles. The Morgan fingerprint density at radius 3 is 1.86 bits per heavy atom.